The Balaban J connectivity index is 1.35. The second-order valence-corrected chi connectivity index (χ2v) is 7.61. The van der Waals surface area contributed by atoms with Gasteiger partial charge in [-0.25, -0.2) is 4.98 Å². The number of thiazole rings is 1. The Morgan fingerprint density at radius 2 is 1.56 bits per heavy atom. The lowest BCUT2D eigenvalue weighted by Gasteiger charge is -2.05. The van der Waals surface area contributed by atoms with Crippen molar-refractivity contribution in [2.45, 2.75) is 6.42 Å². The van der Waals surface area contributed by atoms with Crippen molar-refractivity contribution in [1.29, 1.82) is 0 Å². The number of rotatable bonds is 3. The van der Waals surface area contributed by atoms with Gasteiger partial charge in [0.2, 0.25) is 0 Å². The summed E-state index contributed by atoms with van der Waals surface area (Å²) in [5, 5.41) is 3.61. The molecule has 3 aromatic carbocycles. The zero-order chi connectivity index (χ0) is 18.2. The average Bonchev–Trinajstić information content (AvgIpc) is 3.26. The molecular formula is C23H16N2OS. The highest BCUT2D eigenvalue weighted by Gasteiger charge is 2.23. The third-order valence-corrected chi connectivity index (χ3v) is 5.77. The summed E-state index contributed by atoms with van der Waals surface area (Å²) in [5.74, 6) is -0.129. The van der Waals surface area contributed by atoms with Crippen LogP contribution in [0.3, 0.4) is 0 Å². The highest BCUT2D eigenvalue weighted by atomic mass is 32.1. The summed E-state index contributed by atoms with van der Waals surface area (Å²) in [6.45, 7) is 0. The lowest BCUT2D eigenvalue weighted by molar-refractivity contribution is 0.102. The third-order valence-electron chi connectivity index (χ3n) is 4.80. The predicted octanol–water partition coefficient (Wildman–Crippen LogP) is 5.63. The number of anilines is 1. The van der Waals surface area contributed by atoms with Crippen LogP contribution < -0.4 is 5.32 Å². The molecule has 4 heteroatoms. The van der Waals surface area contributed by atoms with Crippen LogP contribution >= 0.6 is 11.3 Å². The molecule has 0 unspecified atom stereocenters. The SMILES string of the molecule is O=C(Nc1nc2c(s1)Cc1ccccc1-2)c1ccc(-c2ccccc2)cc1. The molecule has 1 N–H and O–H groups in total. The minimum Gasteiger partial charge on any atom is -0.298 e. The van der Waals surface area contributed by atoms with Gasteiger partial charge >= 0.3 is 0 Å². The summed E-state index contributed by atoms with van der Waals surface area (Å²) >= 11 is 1.56. The largest absolute Gasteiger partial charge is 0.298 e. The fraction of sp³-hybridized carbons (Fsp3) is 0.0435. The fourth-order valence-corrected chi connectivity index (χ4v) is 4.42. The molecule has 0 spiro atoms. The first-order valence-electron chi connectivity index (χ1n) is 8.83. The second-order valence-electron chi connectivity index (χ2n) is 6.52. The van der Waals surface area contributed by atoms with E-state index < -0.39 is 0 Å². The van der Waals surface area contributed by atoms with Gasteiger partial charge in [0.25, 0.3) is 5.91 Å². The van der Waals surface area contributed by atoms with Crippen molar-refractivity contribution >= 4 is 22.4 Å². The number of carbonyl (C=O) groups excluding carboxylic acids is 1. The Labute approximate surface area is 161 Å². The van der Waals surface area contributed by atoms with Gasteiger partial charge in [0.1, 0.15) is 0 Å². The van der Waals surface area contributed by atoms with Gasteiger partial charge in [-0.15, -0.1) is 11.3 Å². The molecule has 0 bridgehead atoms. The van der Waals surface area contributed by atoms with Crippen LogP contribution in [0.5, 0.6) is 0 Å². The number of benzene rings is 3. The predicted molar refractivity (Wildman–Crippen MR) is 110 cm³/mol. The van der Waals surface area contributed by atoms with E-state index in [1.54, 1.807) is 11.3 Å². The maximum atomic E-state index is 12.6. The molecule has 0 saturated carbocycles. The zero-order valence-electron chi connectivity index (χ0n) is 14.5. The zero-order valence-corrected chi connectivity index (χ0v) is 15.3. The summed E-state index contributed by atoms with van der Waals surface area (Å²) < 4.78 is 0. The van der Waals surface area contributed by atoms with Crippen LogP contribution in [0, 0.1) is 0 Å². The second kappa shape index (κ2) is 6.49. The van der Waals surface area contributed by atoms with Crippen LogP contribution in [0.2, 0.25) is 0 Å². The third kappa shape index (κ3) is 2.94. The van der Waals surface area contributed by atoms with Crippen molar-refractivity contribution in [2.24, 2.45) is 0 Å². The standard InChI is InChI=1S/C23H16N2OS/c26-22(17-12-10-16(11-13-17)15-6-2-1-3-7-15)25-23-24-21-19-9-5-4-8-18(19)14-20(21)27-23/h1-13H,14H2,(H,24,25,26). The molecule has 27 heavy (non-hydrogen) atoms. The van der Waals surface area contributed by atoms with E-state index in [-0.39, 0.29) is 5.91 Å². The number of carbonyl (C=O) groups is 1. The first-order chi connectivity index (χ1) is 13.3. The first kappa shape index (κ1) is 16.0. The summed E-state index contributed by atoms with van der Waals surface area (Å²) in [7, 11) is 0. The van der Waals surface area contributed by atoms with Gasteiger partial charge in [0, 0.05) is 22.4 Å². The van der Waals surface area contributed by atoms with E-state index >= 15 is 0 Å². The molecule has 0 fully saturated rings. The summed E-state index contributed by atoms with van der Waals surface area (Å²) in [6, 6.07) is 26.1. The lowest BCUT2D eigenvalue weighted by Crippen LogP contribution is -2.11. The number of hydrogen-bond donors (Lipinski definition) is 1. The van der Waals surface area contributed by atoms with Gasteiger partial charge in [-0.3, -0.25) is 10.1 Å². The fourth-order valence-electron chi connectivity index (χ4n) is 3.43. The van der Waals surface area contributed by atoms with E-state index in [2.05, 4.69) is 40.6 Å². The van der Waals surface area contributed by atoms with Crippen molar-refractivity contribution in [2.75, 3.05) is 5.32 Å². The Bertz CT molecular complexity index is 1130. The molecule has 5 rings (SSSR count). The molecule has 1 aliphatic rings. The van der Waals surface area contributed by atoms with Crippen LogP contribution in [0.25, 0.3) is 22.4 Å². The van der Waals surface area contributed by atoms with Crippen LogP contribution in [-0.4, -0.2) is 10.9 Å². The number of nitrogens with one attached hydrogen (secondary N) is 1. The number of fused-ring (bicyclic) bond motifs is 3. The Hall–Kier alpha value is -3.24. The summed E-state index contributed by atoms with van der Waals surface area (Å²) in [6.07, 6.45) is 0.894. The number of hydrogen-bond acceptors (Lipinski definition) is 3. The molecule has 1 aliphatic carbocycles. The van der Waals surface area contributed by atoms with Gasteiger partial charge in [0.05, 0.1) is 5.69 Å². The van der Waals surface area contributed by atoms with Crippen molar-refractivity contribution in [1.82, 2.24) is 4.98 Å². The van der Waals surface area contributed by atoms with Crippen molar-refractivity contribution in [3.05, 3.63) is 94.9 Å². The van der Waals surface area contributed by atoms with E-state index in [9.17, 15) is 4.79 Å². The summed E-state index contributed by atoms with van der Waals surface area (Å²) in [4.78, 5) is 18.5. The summed E-state index contributed by atoms with van der Waals surface area (Å²) in [5.41, 5.74) is 6.35. The first-order valence-corrected chi connectivity index (χ1v) is 9.64. The maximum absolute atomic E-state index is 12.6. The lowest BCUT2D eigenvalue weighted by atomic mass is 10.0. The highest BCUT2D eigenvalue weighted by Crippen LogP contribution is 2.40. The van der Waals surface area contributed by atoms with Crippen molar-refractivity contribution < 1.29 is 4.79 Å². The Morgan fingerprint density at radius 3 is 2.37 bits per heavy atom. The van der Waals surface area contributed by atoms with Crippen LogP contribution in [0.1, 0.15) is 20.8 Å². The monoisotopic (exact) mass is 368 g/mol. The van der Waals surface area contributed by atoms with Gasteiger partial charge in [-0.1, -0.05) is 66.7 Å². The van der Waals surface area contributed by atoms with Crippen LogP contribution in [0.15, 0.2) is 78.9 Å². The molecule has 0 aliphatic heterocycles. The van der Waals surface area contributed by atoms with E-state index in [1.165, 1.54) is 16.0 Å². The van der Waals surface area contributed by atoms with Gasteiger partial charge in [-0.05, 0) is 28.8 Å². The molecule has 0 atom stereocenters. The van der Waals surface area contributed by atoms with Gasteiger partial charge in [0.15, 0.2) is 5.13 Å². The number of aromatic nitrogens is 1. The molecule has 0 saturated heterocycles. The quantitative estimate of drug-likeness (QED) is 0.448. The highest BCUT2D eigenvalue weighted by molar-refractivity contribution is 7.16. The molecule has 130 valence electrons. The molecule has 1 aromatic heterocycles. The van der Waals surface area contributed by atoms with Gasteiger partial charge < -0.3 is 0 Å². The van der Waals surface area contributed by atoms with E-state index in [4.69, 9.17) is 0 Å². The van der Waals surface area contributed by atoms with E-state index in [1.807, 2.05) is 48.5 Å². The molecule has 3 nitrogen and oxygen atoms in total. The molecule has 1 heterocycles. The minimum atomic E-state index is -0.129. The molecule has 0 radical (unpaired) electrons. The number of amides is 1. The molecular weight excluding hydrogens is 352 g/mol. The average molecular weight is 368 g/mol. The topological polar surface area (TPSA) is 42.0 Å². The maximum Gasteiger partial charge on any atom is 0.257 e. The van der Waals surface area contributed by atoms with Crippen LogP contribution in [0.4, 0.5) is 5.13 Å². The number of nitrogens with zero attached hydrogens (tertiary/aromatic N) is 1. The molecule has 1 amide bonds. The molecule has 4 aromatic rings. The smallest absolute Gasteiger partial charge is 0.257 e. The normalized spacial score (nSPS) is 11.7. The van der Waals surface area contributed by atoms with E-state index in [0.29, 0.717) is 10.7 Å². The Kier molecular flexibility index (Phi) is 3.84. The minimum absolute atomic E-state index is 0.129. The van der Waals surface area contributed by atoms with E-state index in [0.717, 1.165) is 23.2 Å². The van der Waals surface area contributed by atoms with Crippen molar-refractivity contribution in [3.63, 3.8) is 0 Å². The van der Waals surface area contributed by atoms with Gasteiger partial charge in [-0.2, -0.15) is 0 Å². The van der Waals surface area contributed by atoms with Crippen LogP contribution in [-0.2, 0) is 6.42 Å². The Morgan fingerprint density at radius 1 is 0.852 bits per heavy atom. The van der Waals surface area contributed by atoms with Crippen molar-refractivity contribution in [3.8, 4) is 22.4 Å².